The van der Waals surface area contributed by atoms with Crippen molar-refractivity contribution in [3.8, 4) is 0 Å². The van der Waals surface area contributed by atoms with Crippen molar-refractivity contribution in [1.29, 1.82) is 0 Å². The van der Waals surface area contributed by atoms with Crippen molar-refractivity contribution < 1.29 is 18.3 Å². The molecule has 0 radical (unpaired) electrons. The molecule has 6 nitrogen and oxygen atoms in total. The maximum absolute atomic E-state index is 11.7. The van der Waals surface area contributed by atoms with E-state index >= 15 is 0 Å². The van der Waals surface area contributed by atoms with E-state index in [-0.39, 0.29) is 18.2 Å². The Hall–Kier alpha value is -0.660. The topological polar surface area (TPSA) is 86.7 Å². The van der Waals surface area contributed by atoms with Crippen LogP contribution in [0.1, 0.15) is 13.3 Å². The Morgan fingerprint density at radius 2 is 2.27 bits per heavy atom. The van der Waals surface area contributed by atoms with Crippen LogP contribution in [-0.4, -0.2) is 55.2 Å². The number of piperazine rings is 1. The molecule has 1 rings (SSSR count). The molecule has 2 N–H and O–H groups in total. The second-order valence-electron chi connectivity index (χ2n) is 3.67. The van der Waals surface area contributed by atoms with Crippen molar-refractivity contribution >= 4 is 16.0 Å². The largest absolute Gasteiger partial charge is 0.481 e. The van der Waals surface area contributed by atoms with Gasteiger partial charge in [-0.2, -0.15) is 4.31 Å². The van der Waals surface area contributed by atoms with E-state index < -0.39 is 16.0 Å². The number of carboxylic acid groups (broad SMARTS) is 1. The van der Waals surface area contributed by atoms with Crippen molar-refractivity contribution in [2.24, 2.45) is 0 Å². The van der Waals surface area contributed by atoms with Gasteiger partial charge in [-0.25, -0.2) is 8.42 Å². The summed E-state index contributed by atoms with van der Waals surface area (Å²) in [6, 6.07) is 0.123. The lowest BCUT2D eigenvalue weighted by Crippen LogP contribution is -2.51. The minimum absolute atomic E-state index is 0.123. The van der Waals surface area contributed by atoms with Gasteiger partial charge in [0.2, 0.25) is 10.0 Å². The molecule has 1 aliphatic heterocycles. The molecule has 0 saturated carbocycles. The molecule has 1 saturated heterocycles. The third kappa shape index (κ3) is 3.77. The maximum Gasteiger partial charge on any atom is 0.304 e. The number of hydrogen-bond donors (Lipinski definition) is 2. The van der Waals surface area contributed by atoms with Gasteiger partial charge in [0, 0.05) is 25.7 Å². The van der Waals surface area contributed by atoms with Gasteiger partial charge in [0.1, 0.15) is 0 Å². The van der Waals surface area contributed by atoms with Gasteiger partial charge in [0.25, 0.3) is 0 Å². The standard InChI is InChI=1S/C8H16N2O4S/c1-7-6-10(4-3-9-7)15(13,14)5-2-8(11)12/h7,9H,2-6H2,1H3,(H,11,12)/t7-/m0/s1. The van der Waals surface area contributed by atoms with Gasteiger partial charge in [-0.1, -0.05) is 0 Å². The summed E-state index contributed by atoms with van der Waals surface area (Å²) in [5.74, 6) is -1.39. The lowest BCUT2D eigenvalue weighted by molar-refractivity contribution is -0.136. The maximum atomic E-state index is 11.7. The van der Waals surface area contributed by atoms with Crippen LogP contribution >= 0.6 is 0 Å². The first kappa shape index (κ1) is 12.4. The number of hydrogen-bond acceptors (Lipinski definition) is 4. The Labute approximate surface area is 89.3 Å². The number of sulfonamides is 1. The van der Waals surface area contributed by atoms with E-state index in [0.29, 0.717) is 19.6 Å². The number of aliphatic carboxylic acids is 1. The molecule has 1 atom stereocenters. The summed E-state index contributed by atoms with van der Waals surface area (Å²) < 4.78 is 24.7. The predicted molar refractivity (Wildman–Crippen MR) is 55.1 cm³/mol. The zero-order valence-electron chi connectivity index (χ0n) is 8.64. The Bertz CT molecular complexity index is 328. The summed E-state index contributed by atoms with van der Waals surface area (Å²) in [4.78, 5) is 10.3. The predicted octanol–water partition coefficient (Wildman–Crippen LogP) is -0.915. The average molecular weight is 236 g/mol. The molecule has 1 aliphatic rings. The highest BCUT2D eigenvalue weighted by molar-refractivity contribution is 7.89. The van der Waals surface area contributed by atoms with E-state index in [1.807, 2.05) is 6.92 Å². The fraction of sp³-hybridized carbons (Fsp3) is 0.875. The van der Waals surface area contributed by atoms with E-state index in [9.17, 15) is 13.2 Å². The van der Waals surface area contributed by atoms with Crippen LogP contribution in [0.3, 0.4) is 0 Å². The van der Waals surface area contributed by atoms with Gasteiger partial charge >= 0.3 is 5.97 Å². The zero-order valence-corrected chi connectivity index (χ0v) is 9.46. The van der Waals surface area contributed by atoms with Gasteiger partial charge in [0.05, 0.1) is 12.2 Å². The molecular weight excluding hydrogens is 220 g/mol. The summed E-state index contributed by atoms with van der Waals surface area (Å²) in [6.07, 6.45) is -0.333. The highest BCUT2D eigenvalue weighted by Gasteiger charge is 2.26. The SMILES string of the molecule is C[C@H]1CN(S(=O)(=O)CCC(=O)O)CCN1. The number of nitrogens with one attached hydrogen (secondary N) is 1. The van der Waals surface area contributed by atoms with Crippen LogP contribution in [0.2, 0.25) is 0 Å². The van der Waals surface area contributed by atoms with Gasteiger partial charge in [-0.3, -0.25) is 4.79 Å². The highest BCUT2D eigenvalue weighted by atomic mass is 32.2. The molecule has 0 amide bonds. The minimum atomic E-state index is -3.40. The second kappa shape index (κ2) is 4.91. The smallest absolute Gasteiger partial charge is 0.304 e. The van der Waals surface area contributed by atoms with E-state index in [0.717, 1.165) is 0 Å². The monoisotopic (exact) mass is 236 g/mol. The van der Waals surface area contributed by atoms with Crippen LogP contribution < -0.4 is 5.32 Å². The molecule has 1 fully saturated rings. The highest BCUT2D eigenvalue weighted by Crippen LogP contribution is 2.07. The fourth-order valence-corrected chi connectivity index (χ4v) is 3.01. The summed E-state index contributed by atoms with van der Waals surface area (Å²) in [5.41, 5.74) is 0. The lowest BCUT2D eigenvalue weighted by atomic mass is 10.3. The van der Waals surface area contributed by atoms with Gasteiger partial charge < -0.3 is 10.4 Å². The molecule has 1 heterocycles. The molecule has 0 spiro atoms. The molecule has 0 aliphatic carbocycles. The third-order valence-corrected chi connectivity index (χ3v) is 4.14. The van der Waals surface area contributed by atoms with Crippen molar-refractivity contribution in [2.45, 2.75) is 19.4 Å². The summed E-state index contributed by atoms with van der Waals surface area (Å²) >= 11 is 0. The molecule has 0 unspecified atom stereocenters. The van der Waals surface area contributed by atoms with E-state index in [1.54, 1.807) is 0 Å². The fourth-order valence-electron chi connectivity index (χ4n) is 1.49. The summed E-state index contributed by atoms with van der Waals surface area (Å²) in [6.45, 7) is 3.36. The van der Waals surface area contributed by atoms with Gasteiger partial charge in [-0.05, 0) is 6.92 Å². The molecule has 88 valence electrons. The molecule has 0 bridgehead atoms. The Morgan fingerprint density at radius 3 is 2.80 bits per heavy atom. The Morgan fingerprint density at radius 1 is 1.60 bits per heavy atom. The third-order valence-electron chi connectivity index (χ3n) is 2.30. The molecule has 7 heteroatoms. The Kier molecular flexibility index (Phi) is 4.06. The number of rotatable bonds is 4. The van der Waals surface area contributed by atoms with Crippen LogP contribution in [0.4, 0.5) is 0 Å². The normalized spacial score (nSPS) is 23.9. The Balaban J connectivity index is 2.56. The van der Waals surface area contributed by atoms with Crippen LogP contribution in [-0.2, 0) is 14.8 Å². The first-order valence-electron chi connectivity index (χ1n) is 4.85. The van der Waals surface area contributed by atoms with Crippen molar-refractivity contribution in [3.05, 3.63) is 0 Å². The van der Waals surface area contributed by atoms with Crippen LogP contribution in [0.15, 0.2) is 0 Å². The first-order valence-corrected chi connectivity index (χ1v) is 6.46. The van der Waals surface area contributed by atoms with Crippen LogP contribution in [0.25, 0.3) is 0 Å². The lowest BCUT2D eigenvalue weighted by Gasteiger charge is -2.30. The quantitative estimate of drug-likeness (QED) is 0.659. The first-order chi connectivity index (χ1) is 6.92. The molecule has 15 heavy (non-hydrogen) atoms. The van der Waals surface area contributed by atoms with Gasteiger partial charge in [0.15, 0.2) is 0 Å². The number of nitrogens with zero attached hydrogens (tertiary/aromatic N) is 1. The molecular formula is C8H16N2O4S. The van der Waals surface area contributed by atoms with E-state index in [4.69, 9.17) is 5.11 Å². The zero-order chi connectivity index (χ0) is 11.5. The van der Waals surface area contributed by atoms with Gasteiger partial charge in [-0.15, -0.1) is 0 Å². The second-order valence-corrected chi connectivity index (χ2v) is 5.76. The summed E-state index contributed by atoms with van der Waals surface area (Å²) in [5, 5.41) is 11.6. The molecule has 0 aromatic carbocycles. The molecule has 0 aromatic rings. The summed E-state index contributed by atoms with van der Waals surface area (Å²) in [7, 11) is -3.40. The average Bonchev–Trinajstić information content (AvgIpc) is 2.15. The van der Waals surface area contributed by atoms with E-state index in [1.165, 1.54) is 4.31 Å². The minimum Gasteiger partial charge on any atom is -0.481 e. The molecule has 0 aromatic heterocycles. The van der Waals surface area contributed by atoms with Crippen molar-refractivity contribution in [1.82, 2.24) is 9.62 Å². The van der Waals surface area contributed by atoms with Crippen LogP contribution in [0.5, 0.6) is 0 Å². The van der Waals surface area contributed by atoms with Crippen molar-refractivity contribution in [2.75, 3.05) is 25.4 Å². The van der Waals surface area contributed by atoms with E-state index in [2.05, 4.69) is 5.32 Å². The number of carboxylic acids is 1. The number of carbonyl (C=O) groups is 1. The van der Waals surface area contributed by atoms with Crippen LogP contribution in [0, 0.1) is 0 Å². The van der Waals surface area contributed by atoms with Crippen molar-refractivity contribution in [3.63, 3.8) is 0 Å².